The fourth-order valence-corrected chi connectivity index (χ4v) is 5.42. The van der Waals surface area contributed by atoms with E-state index in [9.17, 15) is 18.0 Å². The molecule has 0 heterocycles. The predicted octanol–water partition coefficient (Wildman–Crippen LogP) is 4.02. The Morgan fingerprint density at radius 3 is 2.24 bits per heavy atom. The number of ether oxygens (including phenoxy) is 1. The molecular formula is C27H30ClN3O5S. The second kappa shape index (κ2) is 12.1. The molecule has 0 fully saturated rings. The molecule has 0 aliphatic carbocycles. The molecule has 3 aromatic rings. The Morgan fingerprint density at radius 1 is 1.03 bits per heavy atom. The van der Waals surface area contributed by atoms with Crippen LogP contribution in [0.4, 0.5) is 5.69 Å². The number of carbonyl (C=O) groups is 2. The first-order valence-corrected chi connectivity index (χ1v) is 13.4. The fourth-order valence-electron chi connectivity index (χ4n) is 3.74. The standard InChI is InChI=1S/C27H30ClN3O5S/c1-19-10-12-21(13-11-19)17-30(20(2)27(33)29-3)26(32)18-31(22-14-15-25(36-4)24(28)16-22)37(34,35)23-8-6-5-7-9-23/h5-16,20H,17-18H2,1-4H3,(H,29,33)/t20-/m1/s1. The van der Waals surface area contributed by atoms with Crippen LogP contribution in [0.15, 0.2) is 77.7 Å². The molecule has 1 atom stereocenters. The van der Waals surface area contributed by atoms with E-state index in [-0.39, 0.29) is 28.1 Å². The predicted molar refractivity (Wildman–Crippen MR) is 144 cm³/mol. The normalized spacial score (nSPS) is 11.9. The fraction of sp³-hybridized carbons (Fsp3) is 0.259. The van der Waals surface area contributed by atoms with Crippen molar-refractivity contribution in [3.8, 4) is 5.75 Å². The number of hydrogen-bond acceptors (Lipinski definition) is 5. The highest BCUT2D eigenvalue weighted by molar-refractivity contribution is 7.92. The molecule has 10 heteroatoms. The first-order valence-electron chi connectivity index (χ1n) is 11.6. The molecule has 0 aliphatic heterocycles. The van der Waals surface area contributed by atoms with Crippen LogP contribution in [0.2, 0.25) is 5.02 Å². The van der Waals surface area contributed by atoms with E-state index in [2.05, 4.69) is 5.32 Å². The quantitative estimate of drug-likeness (QED) is 0.417. The van der Waals surface area contributed by atoms with Crippen LogP contribution in [0.25, 0.3) is 0 Å². The number of likely N-dealkylation sites (N-methyl/N-ethyl adjacent to an activating group) is 1. The molecule has 0 bridgehead atoms. The molecule has 2 amide bonds. The summed E-state index contributed by atoms with van der Waals surface area (Å²) in [5.74, 6) is -0.559. The van der Waals surface area contributed by atoms with E-state index in [0.29, 0.717) is 5.75 Å². The Hall–Kier alpha value is -3.56. The first-order chi connectivity index (χ1) is 17.6. The van der Waals surface area contributed by atoms with E-state index in [1.54, 1.807) is 25.1 Å². The van der Waals surface area contributed by atoms with Crippen LogP contribution >= 0.6 is 11.6 Å². The molecule has 37 heavy (non-hydrogen) atoms. The number of halogens is 1. The summed E-state index contributed by atoms with van der Waals surface area (Å²) in [7, 11) is -1.23. The lowest BCUT2D eigenvalue weighted by Gasteiger charge is -2.32. The molecule has 0 spiro atoms. The van der Waals surface area contributed by atoms with Gasteiger partial charge in [0.05, 0.1) is 22.7 Å². The summed E-state index contributed by atoms with van der Waals surface area (Å²) < 4.78 is 33.6. The van der Waals surface area contributed by atoms with Crippen LogP contribution in [0.3, 0.4) is 0 Å². The smallest absolute Gasteiger partial charge is 0.264 e. The van der Waals surface area contributed by atoms with Gasteiger partial charge in [0.1, 0.15) is 18.3 Å². The molecule has 1 N–H and O–H groups in total. The summed E-state index contributed by atoms with van der Waals surface area (Å²) in [4.78, 5) is 27.6. The van der Waals surface area contributed by atoms with Crippen molar-refractivity contribution in [2.24, 2.45) is 0 Å². The number of carbonyl (C=O) groups excluding carboxylic acids is 2. The highest BCUT2D eigenvalue weighted by Gasteiger charge is 2.32. The van der Waals surface area contributed by atoms with Crippen molar-refractivity contribution in [3.05, 3.63) is 88.9 Å². The maximum Gasteiger partial charge on any atom is 0.264 e. The zero-order chi connectivity index (χ0) is 27.2. The number of nitrogens with zero attached hydrogens (tertiary/aromatic N) is 2. The van der Waals surface area contributed by atoms with Gasteiger partial charge < -0.3 is 15.0 Å². The molecule has 3 rings (SSSR count). The minimum absolute atomic E-state index is 0.0131. The Kier molecular flexibility index (Phi) is 9.18. The van der Waals surface area contributed by atoms with Gasteiger partial charge in [0.25, 0.3) is 10.0 Å². The van der Waals surface area contributed by atoms with Crippen molar-refractivity contribution in [3.63, 3.8) is 0 Å². The average molecular weight is 544 g/mol. The third-order valence-corrected chi connectivity index (χ3v) is 8.00. The van der Waals surface area contributed by atoms with Crippen molar-refractivity contribution in [1.82, 2.24) is 10.2 Å². The maximum absolute atomic E-state index is 13.7. The van der Waals surface area contributed by atoms with E-state index in [1.165, 1.54) is 49.4 Å². The van der Waals surface area contributed by atoms with Crippen LogP contribution < -0.4 is 14.4 Å². The highest BCUT2D eigenvalue weighted by Crippen LogP contribution is 2.32. The number of sulfonamides is 1. The third kappa shape index (κ3) is 6.61. The Labute approximate surface area is 222 Å². The molecular weight excluding hydrogens is 514 g/mol. The summed E-state index contributed by atoms with van der Waals surface area (Å²) in [6.07, 6.45) is 0. The number of amides is 2. The molecule has 0 aromatic heterocycles. The van der Waals surface area contributed by atoms with Crippen LogP contribution in [-0.4, -0.2) is 51.9 Å². The van der Waals surface area contributed by atoms with Gasteiger partial charge in [0.2, 0.25) is 11.8 Å². The molecule has 0 unspecified atom stereocenters. The molecule has 0 aliphatic rings. The number of hydrogen-bond donors (Lipinski definition) is 1. The van der Waals surface area contributed by atoms with E-state index >= 15 is 0 Å². The summed E-state index contributed by atoms with van der Waals surface area (Å²) in [6, 6.07) is 19.0. The topological polar surface area (TPSA) is 96.0 Å². The van der Waals surface area contributed by atoms with Gasteiger partial charge in [-0.25, -0.2) is 8.42 Å². The SMILES string of the molecule is CNC(=O)[C@@H](C)N(Cc1ccc(C)cc1)C(=O)CN(c1ccc(OC)c(Cl)c1)S(=O)(=O)c1ccccc1. The van der Waals surface area contributed by atoms with Gasteiger partial charge in [0, 0.05) is 13.6 Å². The van der Waals surface area contributed by atoms with Crippen molar-refractivity contribution in [2.75, 3.05) is 25.0 Å². The van der Waals surface area contributed by atoms with Gasteiger partial charge in [-0.2, -0.15) is 0 Å². The zero-order valence-corrected chi connectivity index (χ0v) is 22.7. The number of methoxy groups -OCH3 is 1. The van der Waals surface area contributed by atoms with Gasteiger partial charge in [-0.15, -0.1) is 0 Å². The number of benzene rings is 3. The Morgan fingerprint density at radius 2 is 1.68 bits per heavy atom. The van der Waals surface area contributed by atoms with Crippen molar-refractivity contribution >= 4 is 39.1 Å². The lowest BCUT2D eigenvalue weighted by atomic mass is 10.1. The van der Waals surface area contributed by atoms with E-state index in [0.717, 1.165) is 15.4 Å². The van der Waals surface area contributed by atoms with E-state index < -0.39 is 28.5 Å². The second-order valence-corrected chi connectivity index (χ2v) is 10.7. The summed E-state index contributed by atoms with van der Waals surface area (Å²) >= 11 is 6.30. The maximum atomic E-state index is 13.7. The largest absolute Gasteiger partial charge is 0.495 e. The Balaban J connectivity index is 2.05. The first kappa shape index (κ1) is 28.0. The minimum Gasteiger partial charge on any atom is -0.495 e. The molecule has 3 aromatic carbocycles. The van der Waals surface area contributed by atoms with Crippen molar-refractivity contribution in [1.29, 1.82) is 0 Å². The highest BCUT2D eigenvalue weighted by atomic mass is 35.5. The van der Waals surface area contributed by atoms with Crippen LogP contribution in [0, 0.1) is 6.92 Å². The van der Waals surface area contributed by atoms with Crippen LogP contribution in [0.5, 0.6) is 5.75 Å². The number of anilines is 1. The number of aryl methyl sites for hydroxylation is 1. The number of rotatable bonds is 10. The van der Waals surface area contributed by atoms with Gasteiger partial charge in [-0.1, -0.05) is 59.6 Å². The number of nitrogens with one attached hydrogen (secondary N) is 1. The third-order valence-electron chi connectivity index (χ3n) is 5.92. The van der Waals surface area contributed by atoms with Crippen molar-refractivity contribution in [2.45, 2.75) is 31.3 Å². The van der Waals surface area contributed by atoms with Crippen LogP contribution in [-0.2, 0) is 26.2 Å². The summed E-state index contributed by atoms with van der Waals surface area (Å²) in [6.45, 7) is 3.13. The lowest BCUT2D eigenvalue weighted by Crippen LogP contribution is -2.50. The molecule has 0 saturated heterocycles. The molecule has 0 saturated carbocycles. The molecule has 0 radical (unpaired) electrons. The van der Waals surface area contributed by atoms with E-state index in [4.69, 9.17) is 16.3 Å². The zero-order valence-electron chi connectivity index (χ0n) is 21.1. The van der Waals surface area contributed by atoms with Gasteiger partial charge in [-0.3, -0.25) is 13.9 Å². The van der Waals surface area contributed by atoms with Crippen molar-refractivity contribution < 1.29 is 22.7 Å². The molecule has 8 nitrogen and oxygen atoms in total. The van der Waals surface area contributed by atoms with Gasteiger partial charge in [0.15, 0.2) is 0 Å². The summed E-state index contributed by atoms with van der Waals surface area (Å²) in [5.41, 5.74) is 2.04. The Bertz CT molecular complexity index is 1350. The molecule has 196 valence electrons. The minimum atomic E-state index is -4.16. The summed E-state index contributed by atoms with van der Waals surface area (Å²) in [5, 5.41) is 2.75. The lowest BCUT2D eigenvalue weighted by molar-refractivity contribution is -0.139. The van der Waals surface area contributed by atoms with E-state index in [1.807, 2.05) is 31.2 Å². The van der Waals surface area contributed by atoms with Crippen LogP contribution in [0.1, 0.15) is 18.1 Å². The average Bonchev–Trinajstić information content (AvgIpc) is 2.90. The van der Waals surface area contributed by atoms with Gasteiger partial charge in [-0.05, 0) is 49.7 Å². The van der Waals surface area contributed by atoms with Gasteiger partial charge >= 0.3 is 0 Å². The second-order valence-electron chi connectivity index (χ2n) is 8.44. The monoisotopic (exact) mass is 543 g/mol.